The summed E-state index contributed by atoms with van der Waals surface area (Å²) in [4.78, 5) is 2.07. The highest BCUT2D eigenvalue weighted by atomic mass is 19.4. The van der Waals surface area contributed by atoms with Crippen molar-refractivity contribution in [3.63, 3.8) is 0 Å². The first kappa shape index (κ1) is 13.3. The largest absolute Gasteiger partial charge is 0.416 e. The van der Waals surface area contributed by atoms with Crippen LogP contribution in [0.5, 0.6) is 0 Å². The Balaban J connectivity index is 2.14. The number of piperidine rings is 1. The molecule has 0 amide bonds. The molecule has 1 aliphatic rings. The van der Waals surface area contributed by atoms with Gasteiger partial charge in [-0.05, 0) is 49.7 Å². The van der Waals surface area contributed by atoms with Crippen LogP contribution in [0.3, 0.4) is 0 Å². The summed E-state index contributed by atoms with van der Waals surface area (Å²) < 4.78 is 50.8. The molecule has 0 aliphatic carbocycles. The van der Waals surface area contributed by atoms with E-state index in [0.29, 0.717) is 18.2 Å². The fraction of sp³-hybridized carbons (Fsp3) is 0.538. The van der Waals surface area contributed by atoms with Gasteiger partial charge in [0, 0.05) is 6.54 Å². The Morgan fingerprint density at radius 3 is 2.28 bits per heavy atom. The van der Waals surface area contributed by atoms with Crippen molar-refractivity contribution < 1.29 is 17.6 Å². The minimum absolute atomic E-state index is 0.390. The molecule has 0 unspecified atom stereocenters. The first-order chi connectivity index (χ1) is 8.45. The number of hydrogen-bond donors (Lipinski definition) is 0. The molecule has 0 spiro atoms. The van der Waals surface area contributed by atoms with Gasteiger partial charge in [-0.3, -0.25) is 4.90 Å². The minimum atomic E-state index is -4.49. The molecule has 0 atom stereocenters. The van der Waals surface area contributed by atoms with E-state index in [1.807, 2.05) is 0 Å². The lowest BCUT2D eigenvalue weighted by Gasteiger charge is -2.26. The second kappa shape index (κ2) is 5.26. The first-order valence-corrected chi connectivity index (χ1v) is 6.04. The van der Waals surface area contributed by atoms with Crippen molar-refractivity contribution >= 4 is 0 Å². The van der Waals surface area contributed by atoms with E-state index in [9.17, 15) is 17.6 Å². The molecule has 0 radical (unpaired) electrons. The molecular formula is C13H15F4N. The molecule has 1 nitrogen and oxygen atoms in total. The summed E-state index contributed by atoms with van der Waals surface area (Å²) in [7, 11) is 0. The maximum absolute atomic E-state index is 13.2. The Kier molecular flexibility index (Phi) is 3.90. The molecule has 0 saturated carbocycles. The highest BCUT2D eigenvalue weighted by molar-refractivity contribution is 5.26. The Morgan fingerprint density at radius 2 is 1.67 bits per heavy atom. The van der Waals surface area contributed by atoms with Crippen LogP contribution in [0.4, 0.5) is 17.6 Å². The van der Waals surface area contributed by atoms with Gasteiger partial charge >= 0.3 is 6.18 Å². The average Bonchev–Trinajstić information content (AvgIpc) is 2.28. The van der Waals surface area contributed by atoms with Crippen LogP contribution in [0.2, 0.25) is 0 Å². The van der Waals surface area contributed by atoms with Gasteiger partial charge in [0.15, 0.2) is 0 Å². The van der Waals surface area contributed by atoms with Crippen LogP contribution in [0.15, 0.2) is 18.2 Å². The number of halogens is 4. The number of rotatable bonds is 2. The van der Waals surface area contributed by atoms with Gasteiger partial charge in [0.25, 0.3) is 0 Å². The van der Waals surface area contributed by atoms with Crippen molar-refractivity contribution in [3.05, 3.63) is 35.1 Å². The lowest BCUT2D eigenvalue weighted by Crippen LogP contribution is -2.29. The topological polar surface area (TPSA) is 3.24 Å². The molecule has 1 saturated heterocycles. The highest BCUT2D eigenvalue weighted by Crippen LogP contribution is 2.30. The summed E-state index contributed by atoms with van der Waals surface area (Å²) >= 11 is 0. The van der Waals surface area contributed by atoms with Crippen LogP contribution < -0.4 is 0 Å². The second-order valence-electron chi connectivity index (χ2n) is 4.68. The molecule has 1 aromatic rings. The third kappa shape index (κ3) is 3.45. The van der Waals surface area contributed by atoms with E-state index in [0.717, 1.165) is 38.4 Å². The zero-order valence-electron chi connectivity index (χ0n) is 9.93. The number of likely N-dealkylation sites (tertiary alicyclic amines) is 1. The predicted molar refractivity (Wildman–Crippen MR) is 60.5 cm³/mol. The lowest BCUT2D eigenvalue weighted by molar-refractivity contribution is -0.137. The van der Waals surface area contributed by atoms with Crippen LogP contribution in [0, 0.1) is 5.82 Å². The smallest absolute Gasteiger partial charge is 0.299 e. The highest BCUT2D eigenvalue weighted by Gasteiger charge is 2.31. The zero-order chi connectivity index (χ0) is 13.2. The third-order valence-corrected chi connectivity index (χ3v) is 3.14. The Labute approximate surface area is 103 Å². The molecule has 5 heteroatoms. The van der Waals surface area contributed by atoms with Gasteiger partial charge in [-0.2, -0.15) is 13.2 Å². The quantitative estimate of drug-likeness (QED) is 0.731. The SMILES string of the molecule is Fc1cc(CN2CCCCC2)cc(C(F)(F)F)c1. The van der Waals surface area contributed by atoms with E-state index in [1.54, 1.807) is 0 Å². The van der Waals surface area contributed by atoms with Gasteiger partial charge in [-0.25, -0.2) is 4.39 Å². The lowest BCUT2D eigenvalue weighted by atomic mass is 10.1. The summed E-state index contributed by atoms with van der Waals surface area (Å²) in [5.41, 5.74) is -0.515. The van der Waals surface area contributed by atoms with Crippen LogP contribution in [0.1, 0.15) is 30.4 Å². The third-order valence-electron chi connectivity index (χ3n) is 3.14. The van der Waals surface area contributed by atoms with E-state index < -0.39 is 17.6 Å². The second-order valence-corrected chi connectivity index (χ2v) is 4.68. The average molecular weight is 261 g/mol. The Morgan fingerprint density at radius 1 is 1.00 bits per heavy atom. The minimum Gasteiger partial charge on any atom is -0.299 e. The van der Waals surface area contributed by atoms with Gasteiger partial charge < -0.3 is 0 Å². The summed E-state index contributed by atoms with van der Waals surface area (Å²) in [6.07, 6.45) is -1.21. The molecule has 2 rings (SSSR count). The Hall–Kier alpha value is -1.10. The molecule has 1 fully saturated rings. The fourth-order valence-corrected chi connectivity index (χ4v) is 2.28. The number of nitrogens with zero attached hydrogens (tertiary/aromatic N) is 1. The normalized spacial score (nSPS) is 18.0. The molecule has 0 bridgehead atoms. The van der Waals surface area contributed by atoms with E-state index in [-0.39, 0.29) is 0 Å². The number of hydrogen-bond acceptors (Lipinski definition) is 1. The summed E-state index contributed by atoms with van der Waals surface area (Å²) in [6.45, 7) is 2.14. The molecule has 18 heavy (non-hydrogen) atoms. The predicted octanol–water partition coefficient (Wildman–Crippen LogP) is 3.83. The molecule has 0 N–H and O–H groups in total. The summed E-state index contributed by atoms with van der Waals surface area (Å²) in [5, 5.41) is 0. The van der Waals surface area contributed by atoms with Crippen molar-refractivity contribution in [2.45, 2.75) is 32.0 Å². The van der Waals surface area contributed by atoms with Gasteiger partial charge in [0.1, 0.15) is 5.82 Å². The van der Waals surface area contributed by atoms with E-state index in [4.69, 9.17) is 0 Å². The zero-order valence-corrected chi connectivity index (χ0v) is 9.93. The molecule has 0 aromatic heterocycles. The van der Waals surface area contributed by atoms with Crippen molar-refractivity contribution in [2.75, 3.05) is 13.1 Å². The van der Waals surface area contributed by atoms with Crippen LogP contribution in [0.25, 0.3) is 0 Å². The van der Waals surface area contributed by atoms with Crippen LogP contribution in [-0.2, 0) is 12.7 Å². The van der Waals surface area contributed by atoms with Gasteiger partial charge in [0.2, 0.25) is 0 Å². The van der Waals surface area contributed by atoms with Crippen molar-refractivity contribution in [3.8, 4) is 0 Å². The molecular weight excluding hydrogens is 246 g/mol. The molecule has 1 aliphatic heterocycles. The standard InChI is InChI=1S/C13H15F4N/c14-12-7-10(6-11(8-12)13(15,16)17)9-18-4-2-1-3-5-18/h6-8H,1-5,9H2. The van der Waals surface area contributed by atoms with Crippen LogP contribution >= 0.6 is 0 Å². The molecule has 100 valence electrons. The van der Waals surface area contributed by atoms with E-state index >= 15 is 0 Å². The Bertz CT molecular complexity index is 408. The fourth-order valence-electron chi connectivity index (χ4n) is 2.28. The molecule has 1 aromatic carbocycles. The van der Waals surface area contributed by atoms with Gasteiger partial charge in [-0.15, -0.1) is 0 Å². The van der Waals surface area contributed by atoms with Gasteiger partial charge in [0.05, 0.1) is 5.56 Å². The first-order valence-electron chi connectivity index (χ1n) is 6.04. The van der Waals surface area contributed by atoms with Gasteiger partial charge in [-0.1, -0.05) is 6.42 Å². The van der Waals surface area contributed by atoms with E-state index in [1.165, 1.54) is 6.07 Å². The van der Waals surface area contributed by atoms with Crippen LogP contribution in [-0.4, -0.2) is 18.0 Å². The van der Waals surface area contributed by atoms with E-state index in [2.05, 4.69) is 4.90 Å². The maximum atomic E-state index is 13.2. The van der Waals surface area contributed by atoms with Crippen molar-refractivity contribution in [1.82, 2.24) is 4.90 Å². The molecule has 1 heterocycles. The van der Waals surface area contributed by atoms with Crippen molar-refractivity contribution in [1.29, 1.82) is 0 Å². The maximum Gasteiger partial charge on any atom is 0.416 e. The number of alkyl halides is 3. The monoisotopic (exact) mass is 261 g/mol. The summed E-state index contributed by atoms with van der Waals surface area (Å²) in [5.74, 6) is -0.822. The van der Waals surface area contributed by atoms with Crippen molar-refractivity contribution in [2.24, 2.45) is 0 Å². The summed E-state index contributed by atoms with van der Waals surface area (Å²) in [6, 6.07) is 2.77. The number of benzene rings is 1.